The number of nitrogens with one attached hydrogen (secondary N) is 2. The first-order chi connectivity index (χ1) is 13.2. The Balaban J connectivity index is 1.64. The first-order valence-electron chi connectivity index (χ1n) is 8.33. The first kappa shape index (κ1) is 18.8. The average Bonchev–Trinajstić information content (AvgIpc) is 3.37. The predicted molar refractivity (Wildman–Crippen MR) is 105 cm³/mol. The number of H-pyrrole nitrogens is 1. The topological polar surface area (TPSA) is 85.5 Å². The number of ether oxygens (including phenoxy) is 3. The number of thiophene rings is 1. The number of carbonyl (C=O) groups excluding carboxylic acids is 1. The molecule has 3 aromatic rings. The molecule has 0 aliphatic carbocycles. The van der Waals surface area contributed by atoms with Crippen LogP contribution in [0, 0.1) is 0 Å². The lowest BCUT2D eigenvalue weighted by atomic mass is 10.1. The zero-order chi connectivity index (χ0) is 19.2. The fourth-order valence-corrected chi connectivity index (χ4v) is 3.45. The molecule has 3 rings (SSSR count). The van der Waals surface area contributed by atoms with Gasteiger partial charge in [-0.3, -0.25) is 9.89 Å². The van der Waals surface area contributed by atoms with Crippen molar-refractivity contribution >= 4 is 23.1 Å². The summed E-state index contributed by atoms with van der Waals surface area (Å²) in [6.07, 6.45) is 0.782. The van der Waals surface area contributed by atoms with Crippen LogP contribution in [-0.2, 0) is 11.2 Å². The Morgan fingerprint density at radius 1 is 1.15 bits per heavy atom. The number of anilines is 1. The molecule has 1 aromatic carbocycles. The van der Waals surface area contributed by atoms with Crippen molar-refractivity contribution in [3.63, 3.8) is 0 Å². The fourth-order valence-electron chi connectivity index (χ4n) is 2.76. The van der Waals surface area contributed by atoms with Gasteiger partial charge >= 0.3 is 0 Å². The van der Waals surface area contributed by atoms with Gasteiger partial charge in [0.1, 0.15) is 0 Å². The lowest BCUT2D eigenvalue weighted by Gasteiger charge is -2.15. The first-order valence-corrected chi connectivity index (χ1v) is 9.21. The Hall–Kier alpha value is -3.00. The average molecular weight is 387 g/mol. The van der Waals surface area contributed by atoms with E-state index < -0.39 is 0 Å². The van der Waals surface area contributed by atoms with E-state index in [1.165, 1.54) is 0 Å². The minimum Gasteiger partial charge on any atom is -0.493 e. The predicted octanol–water partition coefficient (Wildman–Crippen LogP) is 3.74. The van der Waals surface area contributed by atoms with Crippen LogP contribution in [0.5, 0.6) is 17.2 Å². The molecule has 0 saturated heterocycles. The number of aromatic nitrogens is 2. The van der Waals surface area contributed by atoms with Crippen molar-refractivity contribution in [3.05, 3.63) is 41.3 Å². The van der Waals surface area contributed by atoms with Crippen LogP contribution in [0.2, 0.25) is 0 Å². The quantitative estimate of drug-likeness (QED) is 0.615. The zero-order valence-electron chi connectivity index (χ0n) is 15.4. The molecule has 27 heavy (non-hydrogen) atoms. The molecule has 0 spiro atoms. The highest BCUT2D eigenvalue weighted by Gasteiger charge is 2.17. The Bertz CT molecular complexity index is 906. The monoisotopic (exact) mass is 387 g/mol. The molecule has 0 unspecified atom stereocenters. The van der Waals surface area contributed by atoms with Crippen LogP contribution in [0.25, 0.3) is 10.6 Å². The van der Waals surface area contributed by atoms with Crippen LogP contribution >= 0.6 is 11.3 Å². The molecule has 0 aliphatic heterocycles. The number of nitrogens with zero attached hydrogens (tertiary/aromatic N) is 1. The van der Waals surface area contributed by atoms with Crippen molar-refractivity contribution in [1.82, 2.24) is 10.2 Å². The molecule has 142 valence electrons. The number of rotatable bonds is 8. The summed E-state index contributed by atoms with van der Waals surface area (Å²) >= 11 is 1.61. The smallest absolute Gasteiger partial charge is 0.225 e. The van der Waals surface area contributed by atoms with Crippen LogP contribution in [0.3, 0.4) is 0 Å². The highest BCUT2D eigenvalue weighted by atomic mass is 32.1. The third kappa shape index (κ3) is 4.22. The normalized spacial score (nSPS) is 10.5. The van der Waals surface area contributed by atoms with Gasteiger partial charge in [-0.15, -0.1) is 11.3 Å². The molecule has 0 saturated carbocycles. The molecule has 1 amide bonds. The maximum absolute atomic E-state index is 12.3. The number of amides is 1. The molecule has 2 aromatic heterocycles. The number of benzene rings is 1. The SMILES string of the molecule is COc1ccc(CCC(=O)Nc2cc(-c3cccs3)[nH]n2)c(OC)c1OC. The molecule has 8 heteroatoms. The summed E-state index contributed by atoms with van der Waals surface area (Å²) in [6, 6.07) is 9.45. The summed E-state index contributed by atoms with van der Waals surface area (Å²) in [4.78, 5) is 13.4. The molecular formula is C19H21N3O4S. The third-order valence-electron chi connectivity index (χ3n) is 4.04. The molecule has 0 atom stereocenters. The van der Waals surface area contributed by atoms with Crippen molar-refractivity contribution in [1.29, 1.82) is 0 Å². The van der Waals surface area contributed by atoms with Gasteiger partial charge in [-0.25, -0.2) is 0 Å². The van der Waals surface area contributed by atoms with Gasteiger partial charge in [-0.1, -0.05) is 12.1 Å². The van der Waals surface area contributed by atoms with E-state index in [-0.39, 0.29) is 12.3 Å². The summed E-state index contributed by atoms with van der Waals surface area (Å²) in [7, 11) is 4.69. The van der Waals surface area contributed by atoms with Gasteiger partial charge in [0.25, 0.3) is 0 Å². The van der Waals surface area contributed by atoms with E-state index >= 15 is 0 Å². The Morgan fingerprint density at radius 3 is 2.63 bits per heavy atom. The van der Waals surface area contributed by atoms with E-state index in [4.69, 9.17) is 14.2 Å². The van der Waals surface area contributed by atoms with Crippen molar-refractivity contribution in [2.24, 2.45) is 0 Å². The second kappa shape index (κ2) is 8.59. The summed E-state index contributed by atoms with van der Waals surface area (Å²) in [5.41, 5.74) is 1.74. The molecular weight excluding hydrogens is 366 g/mol. The maximum Gasteiger partial charge on any atom is 0.225 e. The standard InChI is InChI=1S/C19H21N3O4S/c1-24-14-8-6-12(18(25-2)19(14)26-3)7-9-17(23)20-16-11-13(21-22-16)15-5-4-10-27-15/h4-6,8,10-11H,7,9H2,1-3H3,(H2,20,21,22,23). The van der Waals surface area contributed by atoms with E-state index in [0.29, 0.717) is 29.5 Å². The minimum atomic E-state index is -0.129. The van der Waals surface area contributed by atoms with Crippen LogP contribution in [0.4, 0.5) is 5.82 Å². The van der Waals surface area contributed by atoms with E-state index in [1.54, 1.807) is 38.7 Å². The van der Waals surface area contributed by atoms with E-state index in [2.05, 4.69) is 15.5 Å². The number of carbonyl (C=O) groups is 1. The highest BCUT2D eigenvalue weighted by Crippen LogP contribution is 2.40. The Labute approximate surface area is 161 Å². The summed E-state index contributed by atoms with van der Waals surface area (Å²) in [5.74, 6) is 2.05. The Kier molecular flexibility index (Phi) is 5.97. The van der Waals surface area contributed by atoms with Crippen LogP contribution in [0.15, 0.2) is 35.7 Å². The largest absolute Gasteiger partial charge is 0.493 e. The lowest BCUT2D eigenvalue weighted by Crippen LogP contribution is -2.13. The molecule has 0 radical (unpaired) electrons. The van der Waals surface area contributed by atoms with E-state index in [1.807, 2.05) is 29.6 Å². The Morgan fingerprint density at radius 2 is 1.96 bits per heavy atom. The number of hydrogen-bond acceptors (Lipinski definition) is 6. The second-order valence-electron chi connectivity index (χ2n) is 5.69. The van der Waals surface area contributed by atoms with Crippen molar-refractivity contribution in [3.8, 4) is 27.8 Å². The fraction of sp³-hybridized carbons (Fsp3) is 0.263. The highest BCUT2D eigenvalue weighted by molar-refractivity contribution is 7.13. The second-order valence-corrected chi connectivity index (χ2v) is 6.63. The summed E-state index contributed by atoms with van der Waals surface area (Å²) < 4.78 is 16.1. The van der Waals surface area contributed by atoms with Gasteiger partial charge < -0.3 is 19.5 Å². The number of hydrogen-bond donors (Lipinski definition) is 2. The van der Waals surface area contributed by atoms with Gasteiger partial charge in [-0.2, -0.15) is 5.10 Å². The number of aryl methyl sites for hydroxylation is 1. The van der Waals surface area contributed by atoms with Gasteiger partial charge in [-0.05, 0) is 29.5 Å². The maximum atomic E-state index is 12.3. The molecule has 0 aliphatic rings. The van der Waals surface area contributed by atoms with Crippen LogP contribution in [-0.4, -0.2) is 37.4 Å². The third-order valence-corrected chi connectivity index (χ3v) is 4.94. The molecule has 2 heterocycles. The van der Waals surface area contributed by atoms with Gasteiger partial charge in [0.2, 0.25) is 11.7 Å². The van der Waals surface area contributed by atoms with Crippen molar-refractivity contribution < 1.29 is 19.0 Å². The van der Waals surface area contributed by atoms with Crippen molar-refractivity contribution in [2.75, 3.05) is 26.6 Å². The molecule has 0 fully saturated rings. The van der Waals surface area contributed by atoms with Crippen LogP contribution < -0.4 is 19.5 Å². The van der Waals surface area contributed by atoms with Gasteiger partial charge in [0.15, 0.2) is 17.3 Å². The van der Waals surface area contributed by atoms with Gasteiger partial charge in [0.05, 0.1) is 31.9 Å². The zero-order valence-corrected chi connectivity index (χ0v) is 16.2. The summed E-state index contributed by atoms with van der Waals surface area (Å²) in [6.45, 7) is 0. The minimum absolute atomic E-state index is 0.129. The molecule has 2 N–H and O–H groups in total. The number of methoxy groups -OCH3 is 3. The van der Waals surface area contributed by atoms with Crippen molar-refractivity contribution in [2.45, 2.75) is 12.8 Å². The van der Waals surface area contributed by atoms with Gasteiger partial charge in [0, 0.05) is 12.5 Å². The molecule has 7 nitrogen and oxygen atoms in total. The molecule has 0 bridgehead atoms. The van der Waals surface area contributed by atoms with E-state index in [9.17, 15) is 4.79 Å². The van der Waals surface area contributed by atoms with Crippen LogP contribution in [0.1, 0.15) is 12.0 Å². The van der Waals surface area contributed by atoms with E-state index in [0.717, 1.165) is 16.1 Å². The number of aromatic amines is 1. The summed E-state index contributed by atoms with van der Waals surface area (Å²) in [5, 5.41) is 11.9. The lowest BCUT2D eigenvalue weighted by molar-refractivity contribution is -0.116.